The molecule has 1 saturated carbocycles. The molecule has 0 radical (unpaired) electrons. The molecular weight excluding hydrogens is 746 g/mol. The highest BCUT2D eigenvalue weighted by molar-refractivity contribution is 7.22. The fourth-order valence-electron chi connectivity index (χ4n) is 7.52. The zero-order valence-corrected chi connectivity index (χ0v) is 28.8. The van der Waals surface area contributed by atoms with E-state index in [1.54, 1.807) is 6.07 Å². The van der Waals surface area contributed by atoms with Gasteiger partial charge in [0.05, 0.1) is 23.0 Å². The van der Waals surface area contributed by atoms with Crippen LogP contribution in [0, 0.1) is 5.82 Å². The number of carbonyl (C=O) groups excluding carboxylic acids is 1. The Bertz CT molecular complexity index is 2060. The molecule has 8 rings (SSSR count). The Balaban J connectivity index is 0.963. The Morgan fingerprint density at radius 1 is 1.00 bits per heavy atom. The van der Waals surface area contributed by atoms with Gasteiger partial charge in [0.1, 0.15) is 41.0 Å². The standard InChI is InChI=1S/C35H33F4N3O11S/c36-21-9-15(32(48)51-33-28(45)26(43)27(44)30(50-33)31(46)47)10-23-25(21)40-34(54-23)42-16-7-8-17(42)12-18(11-16)49-13-20-24(41-53-29(20)14-5-6-14)19-3-1-2-4-22(19)52-35(37,38)39/h1-4,9-10,14,16-18,26-28,30,33,43-45H,5-8,11-13H2,(H,46,47)/t16-,17+,18?,26?,27?,28?,30?,33?. The summed E-state index contributed by atoms with van der Waals surface area (Å²) in [5.74, 6) is -3.34. The van der Waals surface area contributed by atoms with Crippen LogP contribution in [0.1, 0.15) is 66.1 Å². The van der Waals surface area contributed by atoms with Crippen molar-refractivity contribution in [3.8, 4) is 17.0 Å². The van der Waals surface area contributed by atoms with Crippen molar-refractivity contribution in [1.29, 1.82) is 0 Å². The zero-order valence-electron chi connectivity index (χ0n) is 28.0. The average molecular weight is 780 g/mol. The lowest BCUT2D eigenvalue weighted by Gasteiger charge is -2.38. The Kier molecular flexibility index (Phi) is 9.50. The van der Waals surface area contributed by atoms with E-state index in [4.69, 9.17) is 18.7 Å². The van der Waals surface area contributed by atoms with Gasteiger partial charge in [-0.15, -0.1) is 13.2 Å². The lowest BCUT2D eigenvalue weighted by molar-refractivity contribution is -0.278. The van der Waals surface area contributed by atoms with E-state index in [0.29, 0.717) is 34.0 Å². The second kappa shape index (κ2) is 14.0. The van der Waals surface area contributed by atoms with E-state index >= 15 is 4.39 Å². The van der Waals surface area contributed by atoms with Crippen LogP contribution in [-0.2, 0) is 25.6 Å². The number of carboxylic acids is 1. The summed E-state index contributed by atoms with van der Waals surface area (Å²) >= 11 is 1.16. The molecule has 3 saturated heterocycles. The highest BCUT2D eigenvalue weighted by atomic mass is 32.1. The highest BCUT2D eigenvalue weighted by Gasteiger charge is 2.49. The van der Waals surface area contributed by atoms with Crippen LogP contribution >= 0.6 is 11.3 Å². The maximum atomic E-state index is 15.4. The third-order valence-electron chi connectivity index (χ3n) is 10.2. The number of para-hydroxylation sites is 1. The van der Waals surface area contributed by atoms with Crippen molar-refractivity contribution >= 4 is 38.6 Å². The van der Waals surface area contributed by atoms with Crippen LogP contribution in [0.25, 0.3) is 21.5 Å². The van der Waals surface area contributed by atoms with Crippen molar-refractivity contribution in [2.75, 3.05) is 4.90 Å². The van der Waals surface area contributed by atoms with Gasteiger partial charge >= 0.3 is 18.3 Å². The second-order valence-electron chi connectivity index (χ2n) is 13.8. The van der Waals surface area contributed by atoms with E-state index in [2.05, 4.69) is 19.8 Å². The van der Waals surface area contributed by atoms with Crippen LogP contribution in [-0.4, -0.2) is 97.8 Å². The minimum absolute atomic E-state index is 0.0125. The summed E-state index contributed by atoms with van der Waals surface area (Å²) in [6.45, 7) is 0.0692. The molecule has 2 aromatic carbocycles. The Hall–Kier alpha value is -4.40. The molecule has 54 heavy (non-hydrogen) atoms. The molecule has 3 aliphatic heterocycles. The first kappa shape index (κ1) is 36.6. The SMILES string of the molecule is O=C(OC1OC(C(=O)O)C(O)C(O)C1O)c1cc(F)c2nc(N3[C@@H]4CC[C@H]3CC(OCc3c(-c5ccccc5OC(F)(F)F)noc3C3CC3)C4)sc2c1. The third-order valence-corrected chi connectivity index (χ3v) is 11.2. The third kappa shape index (κ3) is 6.99. The number of carboxylic acid groups (broad SMARTS) is 1. The van der Waals surface area contributed by atoms with Gasteiger partial charge in [0.25, 0.3) is 0 Å². The first-order valence-corrected chi connectivity index (χ1v) is 18.0. The van der Waals surface area contributed by atoms with Gasteiger partial charge in [-0.25, -0.2) is 19.0 Å². The molecule has 6 unspecified atom stereocenters. The topological polar surface area (TPSA) is 194 Å². The number of aliphatic hydroxyl groups is 3. The molecule has 1 aliphatic carbocycles. The van der Waals surface area contributed by atoms with Crippen LogP contribution < -0.4 is 9.64 Å². The van der Waals surface area contributed by atoms with Crippen LogP contribution in [0.15, 0.2) is 40.9 Å². The molecule has 2 bridgehead atoms. The van der Waals surface area contributed by atoms with Crippen molar-refractivity contribution in [3.05, 3.63) is 59.1 Å². The number of piperidine rings is 1. The predicted molar refractivity (Wildman–Crippen MR) is 177 cm³/mol. The summed E-state index contributed by atoms with van der Waals surface area (Å²) in [5, 5.41) is 44.1. The Labute approximate surface area is 306 Å². The minimum Gasteiger partial charge on any atom is -0.479 e. The van der Waals surface area contributed by atoms with Crippen molar-refractivity contribution in [3.63, 3.8) is 0 Å². The smallest absolute Gasteiger partial charge is 0.479 e. The van der Waals surface area contributed by atoms with E-state index in [9.17, 15) is 43.2 Å². The molecule has 19 heteroatoms. The number of rotatable bonds is 10. The number of aromatic nitrogens is 2. The molecule has 5 heterocycles. The van der Waals surface area contributed by atoms with Gasteiger partial charge in [-0.3, -0.25) is 0 Å². The van der Waals surface area contributed by atoms with Crippen LogP contribution in [0.3, 0.4) is 0 Å². The van der Waals surface area contributed by atoms with Gasteiger partial charge < -0.3 is 48.8 Å². The fourth-order valence-corrected chi connectivity index (χ4v) is 8.68. The first-order chi connectivity index (χ1) is 25.8. The molecule has 4 aliphatic rings. The van der Waals surface area contributed by atoms with Crippen LogP contribution in [0.5, 0.6) is 5.75 Å². The molecule has 4 aromatic rings. The van der Waals surface area contributed by atoms with Gasteiger partial charge in [0, 0.05) is 29.1 Å². The lowest BCUT2D eigenvalue weighted by atomic mass is 9.99. The quantitative estimate of drug-likeness (QED) is 0.129. The second-order valence-corrected chi connectivity index (χ2v) is 14.8. The molecule has 4 N–H and O–H groups in total. The molecule has 2 aromatic heterocycles. The summed E-state index contributed by atoms with van der Waals surface area (Å²) in [7, 11) is 0. The number of anilines is 1. The Morgan fingerprint density at radius 2 is 1.72 bits per heavy atom. The summed E-state index contributed by atoms with van der Waals surface area (Å²) in [6, 6.07) is 7.97. The molecule has 0 amide bonds. The lowest BCUT2D eigenvalue weighted by Crippen LogP contribution is -2.60. The summed E-state index contributed by atoms with van der Waals surface area (Å²) < 4.78 is 81.8. The number of esters is 1. The number of nitrogens with zero attached hydrogens (tertiary/aromatic N) is 3. The molecule has 14 nitrogen and oxygen atoms in total. The van der Waals surface area contributed by atoms with Gasteiger partial charge in [-0.05, 0) is 62.8 Å². The number of hydrogen-bond donors (Lipinski definition) is 4. The maximum absolute atomic E-state index is 15.4. The van der Waals surface area contributed by atoms with Crippen LogP contribution in [0.4, 0.5) is 22.7 Å². The normalized spacial score (nSPS) is 28.4. The van der Waals surface area contributed by atoms with Gasteiger partial charge in [0.15, 0.2) is 17.1 Å². The number of halogens is 4. The summed E-state index contributed by atoms with van der Waals surface area (Å²) in [5.41, 5.74) is 0.704. The number of benzene rings is 2. The Morgan fingerprint density at radius 3 is 2.41 bits per heavy atom. The number of alkyl halides is 3. The number of fused-ring (bicyclic) bond motifs is 3. The predicted octanol–water partition coefficient (Wildman–Crippen LogP) is 4.63. The zero-order chi connectivity index (χ0) is 38.1. The monoisotopic (exact) mass is 779 g/mol. The number of aliphatic carboxylic acids is 1. The first-order valence-electron chi connectivity index (χ1n) is 17.2. The number of hydrogen-bond acceptors (Lipinski definition) is 14. The molecule has 4 fully saturated rings. The van der Waals surface area contributed by atoms with E-state index < -0.39 is 60.6 Å². The highest BCUT2D eigenvalue weighted by Crippen LogP contribution is 2.47. The average Bonchev–Trinajstić information content (AvgIpc) is 3.63. The number of ether oxygens (including phenoxy) is 4. The van der Waals surface area contributed by atoms with Gasteiger partial charge in [-0.1, -0.05) is 28.6 Å². The molecule has 0 spiro atoms. The van der Waals surface area contributed by atoms with Crippen molar-refractivity contribution in [2.45, 2.75) is 106 Å². The van der Waals surface area contributed by atoms with E-state index in [1.807, 2.05) is 0 Å². The van der Waals surface area contributed by atoms with E-state index in [-0.39, 0.29) is 53.0 Å². The summed E-state index contributed by atoms with van der Waals surface area (Å²) in [6.07, 6.45) is -10.4. The number of carbonyl (C=O) groups is 2. The van der Waals surface area contributed by atoms with Crippen molar-refractivity contribution < 1.29 is 71.0 Å². The number of aliphatic hydroxyl groups excluding tert-OH is 3. The van der Waals surface area contributed by atoms with Crippen molar-refractivity contribution in [2.24, 2.45) is 0 Å². The van der Waals surface area contributed by atoms with Crippen molar-refractivity contribution in [1.82, 2.24) is 10.1 Å². The molecular formula is C35H33F4N3O11S. The van der Waals surface area contributed by atoms with E-state index in [0.717, 1.165) is 43.1 Å². The maximum Gasteiger partial charge on any atom is 0.573 e. The largest absolute Gasteiger partial charge is 0.573 e. The van der Waals surface area contributed by atoms with Crippen LogP contribution in [0.2, 0.25) is 0 Å². The number of thiazole rings is 1. The fraction of sp³-hybridized carbons (Fsp3) is 0.486. The van der Waals surface area contributed by atoms with E-state index in [1.165, 1.54) is 24.3 Å². The molecule has 8 atom stereocenters. The summed E-state index contributed by atoms with van der Waals surface area (Å²) in [4.78, 5) is 31.1. The van der Waals surface area contributed by atoms with Gasteiger partial charge in [-0.2, -0.15) is 0 Å². The van der Waals surface area contributed by atoms with Gasteiger partial charge in [0.2, 0.25) is 6.29 Å². The minimum atomic E-state index is -4.90. The molecule has 288 valence electrons.